The summed E-state index contributed by atoms with van der Waals surface area (Å²) >= 11 is 0. The molecule has 5 heteroatoms. The zero-order valence-electron chi connectivity index (χ0n) is 14.4. The number of aliphatic hydroxyl groups excluding tert-OH is 1. The van der Waals surface area contributed by atoms with E-state index in [1.807, 2.05) is 55.5 Å². The van der Waals surface area contributed by atoms with E-state index < -0.39 is 11.8 Å². The van der Waals surface area contributed by atoms with Crippen molar-refractivity contribution in [3.05, 3.63) is 65.7 Å². The van der Waals surface area contributed by atoms with Gasteiger partial charge in [-0.2, -0.15) is 0 Å². The fraction of sp³-hybridized carbons (Fsp3) is 0.300. The van der Waals surface area contributed by atoms with E-state index >= 15 is 0 Å². The number of anilines is 1. The number of benzene rings is 2. The number of hydrogen-bond acceptors (Lipinski definition) is 3. The van der Waals surface area contributed by atoms with Gasteiger partial charge >= 0.3 is 11.8 Å². The van der Waals surface area contributed by atoms with Gasteiger partial charge < -0.3 is 15.7 Å². The van der Waals surface area contributed by atoms with Crippen LogP contribution in [-0.4, -0.2) is 29.6 Å². The van der Waals surface area contributed by atoms with Crippen LogP contribution in [0, 0.1) is 0 Å². The molecule has 1 atom stereocenters. The zero-order valence-corrected chi connectivity index (χ0v) is 14.4. The Morgan fingerprint density at radius 1 is 1.00 bits per heavy atom. The van der Waals surface area contributed by atoms with E-state index in [0.717, 1.165) is 11.1 Å². The van der Waals surface area contributed by atoms with E-state index in [0.29, 0.717) is 24.9 Å². The average Bonchev–Trinajstić information content (AvgIpc) is 2.63. The summed E-state index contributed by atoms with van der Waals surface area (Å²) in [5, 5.41) is 14.3. The molecule has 0 saturated heterocycles. The third-order valence-corrected chi connectivity index (χ3v) is 4.01. The topological polar surface area (TPSA) is 78.4 Å². The van der Waals surface area contributed by atoms with Crippen molar-refractivity contribution in [2.45, 2.75) is 32.2 Å². The number of para-hydroxylation sites is 1. The fourth-order valence-electron chi connectivity index (χ4n) is 2.58. The van der Waals surface area contributed by atoms with Crippen molar-refractivity contribution < 1.29 is 14.7 Å². The standard InChI is InChI=1S/C20H24N2O3/c1-2-17(12-13-23)21-19(24)20(25)22-18-11-7-6-10-16(18)14-15-8-4-3-5-9-15/h3-11,17,23H,2,12-14H2,1H3,(H,21,24)(H,22,25). The van der Waals surface area contributed by atoms with Gasteiger partial charge in [0, 0.05) is 18.3 Å². The fourth-order valence-corrected chi connectivity index (χ4v) is 2.58. The molecule has 0 saturated carbocycles. The van der Waals surface area contributed by atoms with Crippen molar-refractivity contribution >= 4 is 17.5 Å². The number of nitrogens with one attached hydrogen (secondary N) is 2. The Morgan fingerprint density at radius 3 is 2.36 bits per heavy atom. The van der Waals surface area contributed by atoms with Crippen molar-refractivity contribution in [1.82, 2.24) is 5.32 Å². The quantitative estimate of drug-likeness (QED) is 0.678. The number of amides is 2. The molecular weight excluding hydrogens is 316 g/mol. The normalized spacial score (nSPS) is 11.6. The lowest BCUT2D eigenvalue weighted by Gasteiger charge is -2.16. The van der Waals surface area contributed by atoms with Gasteiger partial charge in [0.25, 0.3) is 0 Å². The first kappa shape index (κ1) is 18.7. The van der Waals surface area contributed by atoms with Gasteiger partial charge in [0.15, 0.2) is 0 Å². The van der Waals surface area contributed by atoms with Crippen LogP contribution in [0.3, 0.4) is 0 Å². The Kier molecular flexibility index (Phi) is 7.16. The minimum absolute atomic E-state index is 0.0275. The van der Waals surface area contributed by atoms with Crippen LogP contribution in [-0.2, 0) is 16.0 Å². The summed E-state index contributed by atoms with van der Waals surface area (Å²) in [7, 11) is 0. The van der Waals surface area contributed by atoms with Gasteiger partial charge in [0.1, 0.15) is 0 Å². The average molecular weight is 340 g/mol. The van der Waals surface area contributed by atoms with E-state index in [4.69, 9.17) is 5.11 Å². The van der Waals surface area contributed by atoms with Crippen LogP contribution in [0.4, 0.5) is 5.69 Å². The van der Waals surface area contributed by atoms with Crippen LogP contribution >= 0.6 is 0 Å². The number of hydrogen-bond donors (Lipinski definition) is 3. The van der Waals surface area contributed by atoms with E-state index in [2.05, 4.69) is 10.6 Å². The molecule has 1 unspecified atom stereocenters. The molecule has 2 rings (SSSR count). The Hall–Kier alpha value is -2.66. The Labute approximate surface area is 148 Å². The summed E-state index contributed by atoms with van der Waals surface area (Å²) in [6.07, 6.45) is 1.76. The molecule has 25 heavy (non-hydrogen) atoms. The molecule has 2 aromatic rings. The maximum atomic E-state index is 12.2. The second-order valence-corrected chi connectivity index (χ2v) is 5.86. The minimum atomic E-state index is -0.697. The van der Waals surface area contributed by atoms with Gasteiger partial charge in [0.2, 0.25) is 0 Å². The highest BCUT2D eigenvalue weighted by Gasteiger charge is 2.18. The summed E-state index contributed by atoms with van der Waals surface area (Å²) in [6, 6.07) is 17.2. The molecule has 5 nitrogen and oxygen atoms in total. The highest BCUT2D eigenvalue weighted by Crippen LogP contribution is 2.19. The molecule has 3 N–H and O–H groups in total. The first-order chi connectivity index (χ1) is 12.1. The van der Waals surface area contributed by atoms with Gasteiger partial charge in [-0.05, 0) is 36.5 Å². The van der Waals surface area contributed by atoms with E-state index in [9.17, 15) is 9.59 Å². The van der Waals surface area contributed by atoms with Crippen LogP contribution in [0.1, 0.15) is 30.9 Å². The van der Waals surface area contributed by atoms with Gasteiger partial charge in [-0.15, -0.1) is 0 Å². The summed E-state index contributed by atoms with van der Waals surface area (Å²) < 4.78 is 0. The molecule has 0 fully saturated rings. The first-order valence-electron chi connectivity index (χ1n) is 8.48. The molecule has 0 aliphatic rings. The third-order valence-electron chi connectivity index (χ3n) is 4.01. The van der Waals surface area contributed by atoms with E-state index in [1.165, 1.54) is 0 Å². The predicted octanol–water partition coefficient (Wildman–Crippen LogP) is 2.49. The number of carbonyl (C=O) groups excluding carboxylic acids is 2. The lowest BCUT2D eigenvalue weighted by molar-refractivity contribution is -0.136. The summed E-state index contributed by atoms with van der Waals surface area (Å²) in [5.74, 6) is -1.38. The Morgan fingerprint density at radius 2 is 1.68 bits per heavy atom. The molecule has 0 heterocycles. The predicted molar refractivity (Wildman–Crippen MR) is 98.2 cm³/mol. The van der Waals surface area contributed by atoms with Crippen LogP contribution in [0.25, 0.3) is 0 Å². The van der Waals surface area contributed by atoms with E-state index in [-0.39, 0.29) is 12.6 Å². The second-order valence-electron chi connectivity index (χ2n) is 5.86. The molecule has 0 aliphatic heterocycles. The summed E-state index contributed by atoms with van der Waals surface area (Å²) in [4.78, 5) is 24.2. The van der Waals surface area contributed by atoms with Gasteiger partial charge in [-0.1, -0.05) is 55.5 Å². The molecule has 0 aromatic heterocycles. The van der Waals surface area contributed by atoms with Crippen LogP contribution in [0.15, 0.2) is 54.6 Å². The summed E-state index contributed by atoms with van der Waals surface area (Å²) in [5.41, 5.74) is 2.70. The molecule has 0 spiro atoms. The van der Waals surface area contributed by atoms with Crippen molar-refractivity contribution in [1.29, 1.82) is 0 Å². The van der Waals surface area contributed by atoms with Crippen molar-refractivity contribution in [3.8, 4) is 0 Å². The monoisotopic (exact) mass is 340 g/mol. The lowest BCUT2D eigenvalue weighted by Crippen LogP contribution is -2.42. The zero-order chi connectivity index (χ0) is 18.1. The number of rotatable bonds is 7. The SMILES string of the molecule is CCC(CCO)NC(=O)C(=O)Nc1ccccc1Cc1ccccc1. The van der Waals surface area contributed by atoms with Gasteiger partial charge in [-0.3, -0.25) is 9.59 Å². The van der Waals surface area contributed by atoms with E-state index in [1.54, 1.807) is 6.07 Å². The van der Waals surface area contributed by atoms with Crippen LogP contribution < -0.4 is 10.6 Å². The highest BCUT2D eigenvalue weighted by molar-refractivity contribution is 6.39. The van der Waals surface area contributed by atoms with Gasteiger partial charge in [0.05, 0.1) is 0 Å². The molecule has 0 radical (unpaired) electrons. The highest BCUT2D eigenvalue weighted by atomic mass is 16.3. The summed E-state index contributed by atoms with van der Waals surface area (Å²) in [6.45, 7) is 1.87. The Bertz CT molecular complexity index is 701. The number of carbonyl (C=O) groups is 2. The third kappa shape index (κ3) is 5.72. The Balaban J connectivity index is 2.04. The molecule has 132 valence electrons. The lowest BCUT2D eigenvalue weighted by atomic mass is 10.0. The van der Waals surface area contributed by atoms with Crippen molar-refractivity contribution in [3.63, 3.8) is 0 Å². The first-order valence-corrected chi connectivity index (χ1v) is 8.48. The minimum Gasteiger partial charge on any atom is -0.396 e. The van der Waals surface area contributed by atoms with Crippen molar-refractivity contribution in [2.75, 3.05) is 11.9 Å². The molecule has 0 aliphatic carbocycles. The smallest absolute Gasteiger partial charge is 0.313 e. The largest absolute Gasteiger partial charge is 0.396 e. The molecule has 0 bridgehead atoms. The molecule has 2 aromatic carbocycles. The second kappa shape index (κ2) is 9.59. The molecular formula is C20H24N2O3. The van der Waals surface area contributed by atoms with Crippen LogP contribution in [0.2, 0.25) is 0 Å². The molecule has 2 amide bonds. The maximum absolute atomic E-state index is 12.2. The van der Waals surface area contributed by atoms with Crippen LogP contribution in [0.5, 0.6) is 0 Å². The van der Waals surface area contributed by atoms with Gasteiger partial charge in [-0.25, -0.2) is 0 Å². The van der Waals surface area contributed by atoms with Crippen molar-refractivity contribution in [2.24, 2.45) is 0 Å². The maximum Gasteiger partial charge on any atom is 0.313 e. The number of aliphatic hydroxyl groups is 1.